The number of nitrogen functional groups attached to an aromatic ring is 1. The topological polar surface area (TPSA) is 92.4 Å². The maximum atomic E-state index is 12.1. The summed E-state index contributed by atoms with van der Waals surface area (Å²) < 4.78 is 26.8. The summed E-state index contributed by atoms with van der Waals surface area (Å²) in [6, 6.07) is 4.23. The van der Waals surface area contributed by atoms with Crippen molar-refractivity contribution < 1.29 is 13.5 Å². The van der Waals surface area contributed by atoms with Gasteiger partial charge in [-0.05, 0) is 42.9 Å². The Morgan fingerprint density at radius 2 is 2.11 bits per heavy atom. The van der Waals surface area contributed by atoms with Crippen LogP contribution in [0, 0.1) is 5.41 Å². The summed E-state index contributed by atoms with van der Waals surface area (Å²) in [6.07, 6.45) is 2.51. The zero-order chi connectivity index (χ0) is 14.1. The van der Waals surface area contributed by atoms with E-state index in [1.807, 2.05) is 0 Å². The normalized spacial score (nSPS) is 17.4. The molecule has 0 bridgehead atoms. The molecular formula is C12H17ClN2O3S. The number of halogens is 1. The number of benzene rings is 1. The van der Waals surface area contributed by atoms with Crippen LogP contribution < -0.4 is 10.5 Å². The summed E-state index contributed by atoms with van der Waals surface area (Å²) in [6.45, 7) is 0.425. The van der Waals surface area contributed by atoms with Crippen LogP contribution in [0.15, 0.2) is 23.1 Å². The van der Waals surface area contributed by atoms with Crippen molar-refractivity contribution in [3.8, 4) is 0 Å². The lowest BCUT2D eigenvalue weighted by Crippen LogP contribution is -2.30. The predicted molar refractivity (Wildman–Crippen MR) is 74.4 cm³/mol. The number of rotatable bonds is 6. The first-order valence-corrected chi connectivity index (χ1v) is 7.90. The first-order valence-electron chi connectivity index (χ1n) is 6.04. The molecule has 19 heavy (non-hydrogen) atoms. The van der Waals surface area contributed by atoms with Crippen molar-refractivity contribution in [1.82, 2.24) is 4.72 Å². The molecule has 7 heteroatoms. The lowest BCUT2D eigenvalue weighted by atomic mass is 10.0. The average molecular weight is 305 g/mol. The van der Waals surface area contributed by atoms with E-state index < -0.39 is 10.0 Å². The van der Waals surface area contributed by atoms with E-state index in [1.54, 1.807) is 0 Å². The first-order chi connectivity index (χ1) is 8.88. The maximum absolute atomic E-state index is 12.1. The van der Waals surface area contributed by atoms with Crippen molar-refractivity contribution in [2.75, 3.05) is 18.9 Å². The van der Waals surface area contributed by atoms with Crippen LogP contribution in [0.1, 0.15) is 19.3 Å². The Kier molecular flexibility index (Phi) is 4.06. The molecule has 4 N–H and O–H groups in total. The van der Waals surface area contributed by atoms with Crippen LogP contribution in [0.5, 0.6) is 0 Å². The van der Waals surface area contributed by atoms with Gasteiger partial charge in [-0.2, -0.15) is 0 Å². The zero-order valence-electron chi connectivity index (χ0n) is 10.4. The fraction of sp³-hybridized carbons (Fsp3) is 0.500. The van der Waals surface area contributed by atoms with E-state index in [-0.39, 0.29) is 22.6 Å². The van der Waals surface area contributed by atoms with Crippen LogP contribution in [0.3, 0.4) is 0 Å². The highest BCUT2D eigenvalue weighted by atomic mass is 35.5. The molecule has 2 rings (SSSR count). The monoisotopic (exact) mass is 304 g/mol. The van der Waals surface area contributed by atoms with Crippen molar-refractivity contribution in [2.24, 2.45) is 5.41 Å². The summed E-state index contributed by atoms with van der Waals surface area (Å²) in [5, 5.41) is 9.28. The number of aliphatic hydroxyl groups is 1. The molecule has 0 aromatic heterocycles. The van der Waals surface area contributed by atoms with Crippen LogP contribution in [0.4, 0.5) is 5.69 Å². The van der Waals surface area contributed by atoms with E-state index in [0.717, 1.165) is 12.8 Å². The van der Waals surface area contributed by atoms with Gasteiger partial charge in [0, 0.05) is 13.2 Å². The van der Waals surface area contributed by atoms with Gasteiger partial charge in [0.2, 0.25) is 10.0 Å². The standard InChI is InChI=1S/C12H17ClN2O3S/c13-10-2-1-9(7-11(10)14)19(17,18)15-8-12(3-4-12)5-6-16/h1-2,7,15-16H,3-6,8,14H2. The molecule has 1 aliphatic carbocycles. The van der Waals surface area contributed by atoms with Crippen LogP contribution in [-0.4, -0.2) is 26.7 Å². The molecule has 0 spiro atoms. The SMILES string of the molecule is Nc1cc(S(=O)(=O)NCC2(CCO)CC2)ccc1Cl. The van der Waals surface area contributed by atoms with Crippen molar-refractivity contribution >= 4 is 27.3 Å². The molecule has 5 nitrogen and oxygen atoms in total. The average Bonchev–Trinajstić information content (AvgIpc) is 3.11. The highest BCUT2D eigenvalue weighted by molar-refractivity contribution is 7.89. The summed E-state index contributed by atoms with van der Waals surface area (Å²) in [4.78, 5) is 0.106. The predicted octanol–water partition coefficient (Wildman–Crippen LogP) is 1.36. The Morgan fingerprint density at radius 3 is 2.63 bits per heavy atom. The second kappa shape index (κ2) is 5.28. The Morgan fingerprint density at radius 1 is 1.42 bits per heavy atom. The Labute approximate surface area is 117 Å². The second-order valence-corrected chi connectivity index (χ2v) is 7.16. The number of anilines is 1. The summed E-state index contributed by atoms with van der Waals surface area (Å²) >= 11 is 5.76. The number of aliphatic hydroxyl groups excluding tert-OH is 1. The fourth-order valence-corrected chi connectivity index (χ4v) is 3.26. The fourth-order valence-electron chi connectivity index (χ4n) is 1.95. The molecule has 0 aliphatic heterocycles. The molecule has 1 aliphatic rings. The molecule has 0 saturated heterocycles. The summed E-state index contributed by atoms with van der Waals surface area (Å²) in [5.74, 6) is 0. The zero-order valence-corrected chi connectivity index (χ0v) is 12.0. The third kappa shape index (κ3) is 3.39. The minimum atomic E-state index is -3.58. The van der Waals surface area contributed by atoms with E-state index in [2.05, 4.69) is 4.72 Å². The van der Waals surface area contributed by atoms with Gasteiger partial charge >= 0.3 is 0 Å². The minimum Gasteiger partial charge on any atom is -0.397 e. The number of nitrogens with one attached hydrogen (secondary N) is 1. The Bertz CT molecular complexity index is 570. The number of nitrogens with two attached hydrogens (primary N) is 1. The van der Waals surface area contributed by atoms with E-state index in [0.29, 0.717) is 18.0 Å². The molecule has 0 radical (unpaired) electrons. The number of sulfonamides is 1. The van der Waals surface area contributed by atoms with Crippen LogP contribution in [0.25, 0.3) is 0 Å². The molecule has 1 saturated carbocycles. The van der Waals surface area contributed by atoms with Gasteiger partial charge in [-0.15, -0.1) is 0 Å². The van der Waals surface area contributed by atoms with Gasteiger partial charge in [-0.1, -0.05) is 11.6 Å². The molecular weight excluding hydrogens is 288 g/mol. The number of hydrogen-bond donors (Lipinski definition) is 3. The quantitative estimate of drug-likeness (QED) is 0.692. The highest BCUT2D eigenvalue weighted by Gasteiger charge is 2.42. The van der Waals surface area contributed by atoms with Crippen molar-refractivity contribution in [2.45, 2.75) is 24.2 Å². The van der Waals surface area contributed by atoms with Crippen molar-refractivity contribution in [1.29, 1.82) is 0 Å². The molecule has 0 heterocycles. The van der Waals surface area contributed by atoms with Gasteiger partial charge in [0.25, 0.3) is 0 Å². The Hall–Kier alpha value is -0.820. The second-order valence-electron chi connectivity index (χ2n) is 4.98. The lowest BCUT2D eigenvalue weighted by Gasteiger charge is -2.15. The highest BCUT2D eigenvalue weighted by Crippen LogP contribution is 2.48. The van der Waals surface area contributed by atoms with Crippen LogP contribution in [-0.2, 0) is 10.0 Å². The van der Waals surface area contributed by atoms with Crippen molar-refractivity contribution in [3.05, 3.63) is 23.2 Å². The summed E-state index contributed by atoms with van der Waals surface area (Å²) in [5.41, 5.74) is 5.77. The molecule has 106 valence electrons. The van der Waals surface area contributed by atoms with E-state index in [4.69, 9.17) is 22.4 Å². The van der Waals surface area contributed by atoms with Gasteiger partial charge in [0.1, 0.15) is 0 Å². The first kappa shape index (κ1) is 14.6. The molecule has 1 fully saturated rings. The van der Waals surface area contributed by atoms with Crippen molar-refractivity contribution in [3.63, 3.8) is 0 Å². The Balaban J connectivity index is 2.08. The molecule has 1 aromatic rings. The van der Waals surface area contributed by atoms with Gasteiger partial charge in [-0.3, -0.25) is 0 Å². The van der Waals surface area contributed by atoms with E-state index >= 15 is 0 Å². The van der Waals surface area contributed by atoms with Gasteiger partial charge in [0.15, 0.2) is 0 Å². The molecule has 0 atom stereocenters. The van der Waals surface area contributed by atoms with E-state index in [9.17, 15) is 8.42 Å². The molecule has 1 aromatic carbocycles. The van der Waals surface area contributed by atoms with E-state index in [1.165, 1.54) is 18.2 Å². The van der Waals surface area contributed by atoms with Gasteiger partial charge in [0.05, 0.1) is 15.6 Å². The minimum absolute atomic E-state index is 0.0697. The molecule has 0 amide bonds. The largest absolute Gasteiger partial charge is 0.397 e. The maximum Gasteiger partial charge on any atom is 0.240 e. The lowest BCUT2D eigenvalue weighted by molar-refractivity contribution is 0.249. The smallest absolute Gasteiger partial charge is 0.240 e. The van der Waals surface area contributed by atoms with Gasteiger partial charge in [-0.25, -0.2) is 13.1 Å². The third-order valence-corrected chi connectivity index (χ3v) is 5.26. The van der Waals surface area contributed by atoms with Crippen LogP contribution in [0.2, 0.25) is 5.02 Å². The van der Waals surface area contributed by atoms with Gasteiger partial charge < -0.3 is 10.8 Å². The molecule has 0 unspecified atom stereocenters. The number of hydrogen-bond acceptors (Lipinski definition) is 4. The summed E-state index contributed by atoms with van der Waals surface area (Å²) in [7, 11) is -3.58. The third-order valence-electron chi connectivity index (χ3n) is 3.51. The van der Waals surface area contributed by atoms with Crippen LogP contribution >= 0.6 is 11.6 Å².